The Bertz CT molecular complexity index is 456. The van der Waals surface area contributed by atoms with Gasteiger partial charge in [-0.25, -0.2) is 0 Å². The number of thioether (sulfide) groups is 1. The number of nitrogens with zero attached hydrogens (tertiary/aromatic N) is 1. The molecule has 0 bridgehead atoms. The van der Waals surface area contributed by atoms with Gasteiger partial charge in [0.25, 0.3) is 0 Å². The summed E-state index contributed by atoms with van der Waals surface area (Å²) in [5.74, 6) is 0. The SMILES string of the molecule is CSc1cccc(NC2CCCCC2O)c1C#N. The second kappa shape index (κ2) is 6.12. The molecule has 1 aliphatic rings. The lowest BCUT2D eigenvalue weighted by Crippen LogP contribution is -2.36. The zero-order valence-corrected chi connectivity index (χ0v) is 11.3. The van der Waals surface area contributed by atoms with E-state index in [9.17, 15) is 10.4 Å². The quantitative estimate of drug-likeness (QED) is 0.822. The summed E-state index contributed by atoms with van der Waals surface area (Å²) in [6.07, 6.45) is 5.71. The first kappa shape index (κ1) is 13.3. The molecule has 3 nitrogen and oxygen atoms in total. The van der Waals surface area contributed by atoms with Gasteiger partial charge in [-0.05, 0) is 31.2 Å². The minimum Gasteiger partial charge on any atom is -0.391 e. The van der Waals surface area contributed by atoms with Crippen molar-refractivity contribution in [3.63, 3.8) is 0 Å². The predicted octanol–water partition coefficient (Wildman–Crippen LogP) is 3.00. The minimum absolute atomic E-state index is 0.0722. The van der Waals surface area contributed by atoms with Gasteiger partial charge in [-0.15, -0.1) is 11.8 Å². The molecule has 96 valence electrons. The number of anilines is 1. The summed E-state index contributed by atoms with van der Waals surface area (Å²) in [5.41, 5.74) is 1.53. The predicted molar refractivity (Wildman–Crippen MR) is 74.8 cm³/mol. The molecule has 1 aromatic carbocycles. The van der Waals surface area contributed by atoms with Crippen molar-refractivity contribution in [2.75, 3.05) is 11.6 Å². The standard InChI is InChI=1S/C14H18N2OS/c1-18-14-8-4-6-11(10(14)9-15)16-12-5-2-3-7-13(12)17/h4,6,8,12-13,16-17H,2-3,5,7H2,1H3. The van der Waals surface area contributed by atoms with Gasteiger partial charge in [0.15, 0.2) is 0 Å². The van der Waals surface area contributed by atoms with Gasteiger partial charge in [0.1, 0.15) is 6.07 Å². The van der Waals surface area contributed by atoms with Crippen LogP contribution in [0.3, 0.4) is 0 Å². The molecule has 0 aromatic heterocycles. The zero-order valence-electron chi connectivity index (χ0n) is 10.5. The van der Waals surface area contributed by atoms with Crippen molar-refractivity contribution in [2.45, 2.75) is 42.7 Å². The second-order valence-electron chi connectivity index (χ2n) is 4.60. The molecule has 2 atom stereocenters. The summed E-state index contributed by atoms with van der Waals surface area (Å²) >= 11 is 1.57. The Balaban J connectivity index is 2.20. The molecule has 0 aliphatic heterocycles. The van der Waals surface area contributed by atoms with Gasteiger partial charge >= 0.3 is 0 Å². The highest BCUT2D eigenvalue weighted by atomic mass is 32.2. The molecular formula is C14H18N2OS. The average Bonchev–Trinajstić information content (AvgIpc) is 2.41. The van der Waals surface area contributed by atoms with Crippen LogP contribution in [0.25, 0.3) is 0 Å². The van der Waals surface area contributed by atoms with Crippen molar-refractivity contribution >= 4 is 17.4 Å². The van der Waals surface area contributed by atoms with Gasteiger partial charge in [0, 0.05) is 4.90 Å². The van der Waals surface area contributed by atoms with Crippen LogP contribution in [0.1, 0.15) is 31.2 Å². The Hall–Kier alpha value is -1.18. The molecule has 1 fully saturated rings. The topological polar surface area (TPSA) is 56.0 Å². The highest BCUT2D eigenvalue weighted by molar-refractivity contribution is 7.98. The third kappa shape index (κ3) is 2.80. The van der Waals surface area contributed by atoms with Crippen LogP contribution in [0.5, 0.6) is 0 Å². The van der Waals surface area contributed by atoms with E-state index in [-0.39, 0.29) is 12.1 Å². The van der Waals surface area contributed by atoms with E-state index in [4.69, 9.17) is 0 Å². The molecule has 0 amide bonds. The van der Waals surface area contributed by atoms with Gasteiger partial charge in [0.05, 0.1) is 23.4 Å². The van der Waals surface area contributed by atoms with Crippen LogP contribution in [0.4, 0.5) is 5.69 Å². The molecule has 0 heterocycles. The average molecular weight is 262 g/mol. The Morgan fingerprint density at radius 2 is 2.17 bits per heavy atom. The Morgan fingerprint density at radius 3 is 2.83 bits per heavy atom. The van der Waals surface area contributed by atoms with E-state index in [2.05, 4.69) is 11.4 Å². The Kier molecular flexibility index (Phi) is 4.51. The maximum Gasteiger partial charge on any atom is 0.102 e. The van der Waals surface area contributed by atoms with E-state index in [1.807, 2.05) is 24.5 Å². The van der Waals surface area contributed by atoms with E-state index in [0.717, 1.165) is 36.3 Å². The van der Waals surface area contributed by atoms with Crippen LogP contribution in [-0.4, -0.2) is 23.5 Å². The first-order valence-electron chi connectivity index (χ1n) is 6.28. The summed E-state index contributed by atoms with van der Waals surface area (Å²) in [6, 6.07) is 8.14. The molecule has 2 unspecified atom stereocenters. The molecule has 0 radical (unpaired) electrons. The van der Waals surface area contributed by atoms with Crippen LogP contribution in [0, 0.1) is 11.3 Å². The number of aliphatic hydroxyl groups excluding tert-OH is 1. The highest BCUT2D eigenvalue weighted by Gasteiger charge is 2.23. The van der Waals surface area contributed by atoms with Crippen molar-refractivity contribution in [1.82, 2.24) is 0 Å². The number of hydrogen-bond donors (Lipinski definition) is 2. The normalized spacial score (nSPS) is 23.4. The van der Waals surface area contributed by atoms with Crippen molar-refractivity contribution in [2.24, 2.45) is 0 Å². The summed E-state index contributed by atoms with van der Waals surface area (Å²) in [6.45, 7) is 0. The largest absolute Gasteiger partial charge is 0.391 e. The first-order chi connectivity index (χ1) is 8.76. The van der Waals surface area contributed by atoms with E-state index in [1.165, 1.54) is 0 Å². The summed E-state index contributed by atoms with van der Waals surface area (Å²) in [7, 11) is 0. The molecule has 0 spiro atoms. The zero-order chi connectivity index (χ0) is 13.0. The molecule has 1 saturated carbocycles. The van der Waals surface area contributed by atoms with Gasteiger partial charge in [-0.1, -0.05) is 18.9 Å². The van der Waals surface area contributed by atoms with Crippen molar-refractivity contribution in [3.05, 3.63) is 23.8 Å². The number of aliphatic hydroxyl groups is 1. The fourth-order valence-electron chi connectivity index (χ4n) is 2.42. The van der Waals surface area contributed by atoms with Crippen LogP contribution in [-0.2, 0) is 0 Å². The number of nitrogens with one attached hydrogen (secondary N) is 1. The van der Waals surface area contributed by atoms with Gasteiger partial charge < -0.3 is 10.4 Å². The van der Waals surface area contributed by atoms with E-state index in [0.29, 0.717) is 5.56 Å². The highest BCUT2D eigenvalue weighted by Crippen LogP contribution is 2.29. The van der Waals surface area contributed by atoms with Gasteiger partial charge in [0.2, 0.25) is 0 Å². The molecule has 2 N–H and O–H groups in total. The molecule has 4 heteroatoms. The lowest BCUT2D eigenvalue weighted by Gasteiger charge is -2.29. The lowest BCUT2D eigenvalue weighted by atomic mass is 9.92. The van der Waals surface area contributed by atoms with E-state index in [1.54, 1.807) is 11.8 Å². The maximum atomic E-state index is 9.97. The lowest BCUT2D eigenvalue weighted by molar-refractivity contribution is 0.116. The molecule has 2 rings (SSSR count). The van der Waals surface area contributed by atoms with E-state index < -0.39 is 0 Å². The van der Waals surface area contributed by atoms with Crippen molar-refractivity contribution in [1.29, 1.82) is 5.26 Å². The fourth-order valence-corrected chi connectivity index (χ4v) is 2.99. The van der Waals surface area contributed by atoms with Crippen molar-refractivity contribution < 1.29 is 5.11 Å². The fraction of sp³-hybridized carbons (Fsp3) is 0.500. The molecule has 1 aliphatic carbocycles. The van der Waals surface area contributed by atoms with Crippen LogP contribution < -0.4 is 5.32 Å². The maximum absolute atomic E-state index is 9.97. The van der Waals surface area contributed by atoms with Crippen LogP contribution in [0.15, 0.2) is 23.1 Å². The monoisotopic (exact) mass is 262 g/mol. The molecule has 1 aromatic rings. The van der Waals surface area contributed by atoms with Crippen LogP contribution in [0.2, 0.25) is 0 Å². The summed E-state index contributed by atoms with van der Waals surface area (Å²) in [5, 5.41) is 22.6. The van der Waals surface area contributed by atoms with Crippen molar-refractivity contribution in [3.8, 4) is 6.07 Å². The van der Waals surface area contributed by atoms with Gasteiger partial charge in [-0.3, -0.25) is 0 Å². The van der Waals surface area contributed by atoms with E-state index >= 15 is 0 Å². The third-order valence-corrected chi connectivity index (χ3v) is 4.21. The third-order valence-electron chi connectivity index (χ3n) is 3.43. The molecule has 18 heavy (non-hydrogen) atoms. The number of rotatable bonds is 3. The molecular weight excluding hydrogens is 244 g/mol. The summed E-state index contributed by atoms with van der Waals surface area (Å²) < 4.78 is 0. The van der Waals surface area contributed by atoms with Gasteiger partial charge in [-0.2, -0.15) is 5.26 Å². The Labute approximate surface area is 112 Å². The molecule has 0 saturated heterocycles. The summed E-state index contributed by atoms with van der Waals surface area (Å²) in [4.78, 5) is 0.979. The second-order valence-corrected chi connectivity index (χ2v) is 5.45. The first-order valence-corrected chi connectivity index (χ1v) is 7.50. The van der Waals surface area contributed by atoms with Crippen LogP contribution >= 0.6 is 11.8 Å². The number of nitriles is 1. The smallest absolute Gasteiger partial charge is 0.102 e. The Morgan fingerprint density at radius 1 is 1.39 bits per heavy atom. The number of benzene rings is 1. The minimum atomic E-state index is -0.303. The number of hydrogen-bond acceptors (Lipinski definition) is 4.